The van der Waals surface area contributed by atoms with Crippen LogP contribution in [0.15, 0.2) is 24.4 Å². The van der Waals surface area contributed by atoms with E-state index < -0.39 is 0 Å². The Morgan fingerprint density at radius 3 is 2.56 bits per heavy atom. The minimum atomic E-state index is 0.118. The van der Waals surface area contributed by atoms with Crippen LogP contribution in [0.1, 0.15) is 63.6 Å². The van der Waals surface area contributed by atoms with Gasteiger partial charge in [-0.15, -0.1) is 0 Å². The van der Waals surface area contributed by atoms with Crippen molar-refractivity contribution in [3.8, 4) is 0 Å². The predicted octanol–water partition coefficient (Wildman–Crippen LogP) is 3.83. The van der Waals surface area contributed by atoms with Crippen LogP contribution in [0.3, 0.4) is 0 Å². The Kier molecular flexibility index (Phi) is 6.82. The maximum absolute atomic E-state index is 6.07. The first kappa shape index (κ1) is 13.2. The summed E-state index contributed by atoms with van der Waals surface area (Å²) in [5.74, 6) is 0. The summed E-state index contributed by atoms with van der Waals surface area (Å²) in [6, 6.07) is 6.07. The van der Waals surface area contributed by atoms with Crippen molar-refractivity contribution < 1.29 is 0 Å². The molecule has 0 bridgehead atoms. The minimum Gasteiger partial charge on any atom is -0.323 e. The van der Waals surface area contributed by atoms with Gasteiger partial charge in [0, 0.05) is 12.2 Å². The zero-order valence-corrected chi connectivity index (χ0v) is 10.4. The highest BCUT2D eigenvalue weighted by Gasteiger charge is 2.05. The molecule has 0 aromatic carbocycles. The van der Waals surface area contributed by atoms with Gasteiger partial charge in [-0.3, -0.25) is 4.98 Å². The molecule has 0 amide bonds. The van der Waals surface area contributed by atoms with Crippen molar-refractivity contribution in [1.82, 2.24) is 4.98 Å². The smallest absolute Gasteiger partial charge is 0.0570 e. The monoisotopic (exact) mass is 220 g/mol. The maximum Gasteiger partial charge on any atom is 0.0570 e. The molecule has 2 N–H and O–H groups in total. The van der Waals surface area contributed by atoms with Gasteiger partial charge in [-0.1, -0.05) is 51.5 Å². The van der Waals surface area contributed by atoms with E-state index in [4.69, 9.17) is 5.73 Å². The summed E-state index contributed by atoms with van der Waals surface area (Å²) in [5.41, 5.74) is 7.10. The normalized spacial score (nSPS) is 12.6. The van der Waals surface area contributed by atoms with Crippen LogP contribution >= 0.6 is 0 Å². The average molecular weight is 220 g/mol. The zero-order chi connectivity index (χ0) is 11.6. The molecule has 16 heavy (non-hydrogen) atoms. The largest absolute Gasteiger partial charge is 0.323 e. The van der Waals surface area contributed by atoms with Crippen LogP contribution in [0, 0.1) is 0 Å². The summed E-state index contributed by atoms with van der Waals surface area (Å²) >= 11 is 0. The number of pyridine rings is 1. The van der Waals surface area contributed by atoms with E-state index in [0.29, 0.717) is 0 Å². The fraction of sp³-hybridized carbons (Fsp3) is 0.643. The molecule has 90 valence electrons. The first-order valence-corrected chi connectivity index (χ1v) is 6.51. The number of hydrogen-bond donors (Lipinski definition) is 1. The number of hydrogen-bond acceptors (Lipinski definition) is 2. The molecule has 0 radical (unpaired) electrons. The van der Waals surface area contributed by atoms with Crippen molar-refractivity contribution in [1.29, 1.82) is 0 Å². The first-order chi connectivity index (χ1) is 7.84. The van der Waals surface area contributed by atoms with Crippen LogP contribution in [0.4, 0.5) is 0 Å². The molecule has 0 saturated carbocycles. The van der Waals surface area contributed by atoms with E-state index in [1.54, 1.807) is 0 Å². The minimum absolute atomic E-state index is 0.118. The van der Waals surface area contributed by atoms with Crippen molar-refractivity contribution in [3.63, 3.8) is 0 Å². The molecule has 1 rings (SSSR count). The molecule has 0 saturated heterocycles. The molecule has 1 unspecified atom stereocenters. The van der Waals surface area contributed by atoms with Crippen molar-refractivity contribution in [3.05, 3.63) is 30.1 Å². The molecule has 0 spiro atoms. The second kappa shape index (κ2) is 8.28. The van der Waals surface area contributed by atoms with Crippen LogP contribution in [0.2, 0.25) is 0 Å². The Bertz CT molecular complexity index is 259. The highest BCUT2D eigenvalue weighted by molar-refractivity contribution is 5.07. The molecule has 2 nitrogen and oxygen atoms in total. The highest BCUT2D eigenvalue weighted by atomic mass is 14.8. The molecule has 0 fully saturated rings. The average Bonchev–Trinajstić information content (AvgIpc) is 2.34. The second-order valence-electron chi connectivity index (χ2n) is 4.42. The number of nitrogens with zero attached hydrogens (tertiary/aromatic N) is 1. The standard InChI is InChI=1S/C14H24N2/c1-2-3-4-5-6-7-10-13(15)14-11-8-9-12-16-14/h8-9,11-13H,2-7,10,15H2,1H3. The van der Waals surface area contributed by atoms with E-state index in [-0.39, 0.29) is 6.04 Å². The number of aromatic nitrogens is 1. The Morgan fingerprint density at radius 1 is 1.12 bits per heavy atom. The number of rotatable bonds is 8. The van der Waals surface area contributed by atoms with Crippen LogP contribution in [-0.2, 0) is 0 Å². The van der Waals surface area contributed by atoms with Gasteiger partial charge in [-0.05, 0) is 18.6 Å². The van der Waals surface area contributed by atoms with Crippen LogP contribution in [-0.4, -0.2) is 4.98 Å². The lowest BCUT2D eigenvalue weighted by Gasteiger charge is -2.10. The third-order valence-electron chi connectivity index (χ3n) is 2.94. The Hall–Kier alpha value is -0.890. The van der Waals surface area contributed by atoms with Crippen LogP contribution < -0.4 is 5.73 Å². The van der Waals surface area contributed by atoms with E-state index in [0.717, 1.165) is 12.1 Å². The zero-order valence-electron chi connectivity index (χ0n) is 10.4. The maximum atomic E-state index is 6.07. The Morgan fingerprint density at radius 2 is 1.88 bits per heavy atom. The van der Waals surface area contributed by atoms with E-state index in [1.165, 1.54) is 38.5 Å². The van der Waals surface area contributed by atoms with Gasteiger partial charge in [-0.25, -0.2) is 0 Å². The van der Waals surface area contributed by atoms with Crippen molar-refractivity contribution in [2.75, 3.05) is 0 Å². The first-order valence-electron chi connectivity index (χ1n) is 6.51. The van der Waals surface area contributed by atoms with Gasteiger partial charge >= 0.3 is 0 Å². The van der Waals surface area contributed by atoms with Crippen molar-refractivity contribution >= 4 is 0 Å². The summed E-state index contributed by atoms with van der Waals surface area (Å²) in [6.07, 6.45) is 10.8. The molecule has 0 aliphatic carbocycles. The lowest BCUT2D eigenvalue weighted by molar-refractivity contribution is 0.541. The molecule has 1 aromatic heterocycles. The molecule has 0 aliphatic heterocycles. The SMILES string of the molecule is CCCCCCCCC(N)c1ccccn1. The molecule has 2 heteroatoms. The van der Waals surface area contributed by atoms with Gasteiger partial charge in [-0.2, -0.15) is 0 Å². The molecule has 1 aromatic rings. The summed E-state index contributed by atoms with van der Waals surface area (Å²) < 4.78 is 0. The van der Waals surface area contributed by atoms with E-state index >= 15 is 0 Å². The summed E-state index contributed by atoms with van der Waals surface area (Å²) in [4.78, 5) is 4.28. The van der Waals surface area contributed by atoms with E-state index in [1.807, 2.05) is 24.4 Å². The van der Waals surface area contributed by atoms with Gasteiger partial charge in [0.2, 0.25) is 0 Å². The van der Waals surface area contributed by atoms with Crippen molar-refractivity contribution in [2.45, 2.75) is 57.9 Å². The van der Waals surface area contributed by atoms with Crippen molar-refractivity contribution in [2.24, 2.45) is 5.73 Å². The topological polar surface area (TPSA) is 38.9 Å². The van der Waals surface area contributed by atoms with Crippen LogP contribution in [0.25, 0.3) is 0 Å². The van der Waals surface area contributed by atoms with Gasteiger partial charge < -0.3 is 5.73 Å². The third kappa shape index (κ3) is 5.26. The van der Waals surface area contributed by atoms with Gasteiger partial charge in [0.25, 0.3) is 0 Å². The summed E-state index contributed by atoms with van der Waals surface area (Å²) in [7, 11) is 0. The van der Waals surface area contributed by atoms with Gasteiger partial charge in [0.1, 0.15) is 0 Å². The lowest BCUT2D eigenvalue weighted by atomic mass is 10.0. The Balaban J connectivity index is 2.09. The van der Waals surface area contributed by atoms with E-state index in [2.05, 4.69) is 11.9 Å². The third-order valence-corrected chi connectivity index (χ3v) is 2.94. The fourth-order valence-electron chi connectivity index (χ4n) is 1.89. The molecule has 1 atom stereocenters. The molecular weight excluding hydrogens is 196 g/mol. The summed E-state index contributed by atoms with van der Waals surface area (Å²) in [5, 5.41) is 0. The van der Waals surface area contributed by atoms with Gasteiger partial charge in [0.15, 0.2) is 0 Å². The fourth-order valence-corrected chi connectivity index (χ4v) is 1.89. The molecule has 1 heterocycles. The Labute approximate surface area is 99.3 Å². The van der Waals surface area contributed by atoms with Gasteiger partial charge in [0.05, 0.1) is 5.69 Å². The van der Waals surface area contributed by atoms with Crippen LogP contribution in [0.5, 0.6) is 0 Å². The lowest BCUT2D eigenvalue weighted by Crippen LogP contribution is -2.11. The number of nitrogens with two attached hydrogens (primary N) is 1. The number of unbranched alkanes of at least 4 members (excludes halogenated alkanes) is 5. The highest BCUT2D eigenvalue weighted by Crippen LogP contribution is 2.15. The van der Waals surface area contributed by atoms with E-state index in [9.17, 15) is 0 Å². The second-order valence-corrected chi connectivity index (χ2v) is 4.42. The summed E-state index contributed by atoms with van der Waals surface area (Å²) in [6.45, 7) is 2.25. The quantitative estimate of drug-likeness (QED) is 0.676. The molecule has 0 aliphatic rings. The predicted molar refractivity (Wildman–Crippen MR) is 69.2 cm³/mol. The molecular formula is C14H24N2.